The summed E-state index contributed by atoms with van der Waals surface area (Å²) in [7, 11) is 0. The first-order valence-electron chi connectivity index (χ1n) is 5.64. The minimum absolute atomic E-state index is 0.474. The molecule has 0 aromatic heterocycles. The topological polar surface area (TPSA) is 53.0 Å². The molecular formula is C13H14N2O3. The van der Waals surface area contributed by atoms with Crippen molar-refractivity contribution in [2.24, 2.45) is 0 Å². The van der Waals surface area contributed by atoms with Gasteiger partial charge < -0.3 is 14.7 Å². The number of morpholine rings is 1. The molecule has 0 aliphatic carbocycles. The molecule has 1 heterocycles. The van der Waals surface area contributed by atoms with E-state index in [2.05, 4.69) is 10.9 Å². The van der Waals surface area contributed by atoms with E-state index in [0.29, 0.717) is 18.9 Å². The minimum atomic E-state index is -1.16. The SMILES string of the molecule is C#CN(C(=O)O)c1ccc(N2CCOCC2)cc1. The smallest absolute Gasteiger partial charge is 0.423 e. The zero-order valence-electron chi connectivity index (χ0n) is 9.87. The zero-order valence-corrected chi connectivity index (χ0v) is 9.87. The summed E-state index contributed by atoms with van der Waals surface area (Å²) in [6.45, 7) is 3.12. The number of carbonyl (C=O) groups is 1. The van der Waals surface area contributed by atoms with E-state index in [-0.39, 0.29) is 0 Å². The molecule has 0 saturated carbocycles. The molecule has 0 unspecified atom stereocenters. The van der Waals surface area contributed by atoms with Crippen molar-refractivity contribution in [3.05, 3.63) is 24.3 Å². The molecule has 0 radical (unpaired) electrons. The lowest BCUT2D eigenvalue weighted by atomic mass is 10.2. The first-order chi connectivity index (χ1) is 8.72. The third kappa shape index (κ3) is 2.55. The average molecular weight is 246 g/mol. The van der Waals surface area contributed by atoms with Crippen LogP contribution in [0.25, 0.3) is 0 Å². The van der Waals surface area contributed by atoms with Gasteiger partial charge in [-0.1, -0.05) is 6.42 Å². The van der Waals surface area contributed by atoms with Crippen molar-refractivity contribution in [1.29, 1.82) is 0 Å². The largest absolute Gasteiger partial charge is 0.464 e. The number of hydrogen-bond acceptors (Lipinski definition) is 3. The maximum Gasteiger partial charge on any atom is 0.423 e. The van der Waals surface area contributed by atoms with Gasteiger partial charge in [0, 0.05) is 24.8 Å². The van der Waals surface area contributed by atoms with E-state index in [4.69, 9.17) is 16.3 Å². The average Bonchev–Trinajstić information content (AvgIpc) is 2.41. The Morgan fingerprint density at radius 3 is 2.44 bits per heavy atom. The summed E-state index contributed by atoms with van der Waals surface area (Å²) in [6.07, 6.45) is 4.00. The van der Waals surface area contributed by atoms with E-state index >= 15 is 0 Å². The van der Waals surface area contributed by atoms with Crippen LogP contribution in [0.2, 0.25) is 0 Å². The van der Waals surface area contributed by atoms with E-state index < -0.39 is 6.09 Å². The van der Waals surface area contributed by atoms with Crippen LogP contribution in [0.15, 0.2) is 24.3 Å². The van der Waals surface area contributed by atoms with Crippen molar-refractivity contribution in [2.75, 3.05) is 36.1 Å². The van der Waals surface area contributed by atoms with Crippen LogP contribution in [-0.4, -0.2) is 37.5 Å². The summed E-state index contributed by atoms with van der Waals surface area (Å²) in [6, 6.07) is 9.27. The van der Waals surface area contributed by atoms with Gasteiger partial charge >= 0.3 is 6.09 Å². The molecule has 5 nitrogen and oxygen atoms in total. The molecule has 18 heavy (non-hydrogen) atoms. The number of rotatable bonds is 2. The summed E-state index contributed by atoms with van der Waals surface area (Å²) in [5.41, 5.74) is 1.52. The summed E-state index contributed by atoms with van der Waals surface area (Å²) >= 11 is 0. The summed E-state index contributed by atoms with van der Waals surface area (Å²) in [5, 5.41) is 8.90. The molecule has 94 valence electrons. The molecule has 0 atom stereocenters. The second-order valence-corrected chi connectivity index (χ2v) is 3.86. The molecule has 1 aliphatic heterocycles. The lowest BCUT2D eigenvalue weighted by Crippen LogP contribution is -2.36. The number of ether oxygens (including phenoxy) is 1. The third-order valence-corrected chi connectivity index (χ3v) is 2.80. The van der Waals surface area contributed by atoms with E-state index in [1.807, 2.05) is 12.1 Å². The van der Waals surface area contributed by atoms with Gasteiger partial charge in [0.05, 0.1) is 18.9 Å². The Balaban J connectivity index is 2.14. The number of amides is 1. The molecule has 1 aromatic carbocycles. The fourth-order valence-corrected chi connectivity index (χ4v) is 1.87. The van der Waals surface area contributed by atoms with E-state index in [0.717, 1.165) is 23.7 Å². The fourth-order valence-electron chi connectivity index (χ4n) is 1.87. The van der Waals surface area contributed by atoms with E-state index in [1.165, 1.54) is 0 Å². The van der Waals surface area contributed by atoms with Gasteiger partial charge in [0.1, 0.15) is 0 Å². The molecule has 1 aromatic rings. The van der Waals surface area contributed by atoms with Crippen molar-refractivity contribution in [1.82, 2.24) is 0 Å². The molecule has 0 spiro atoms. The molecule has 1 fully saturated rings. The molecule has 2 rings (SSSR count). The van der Waals surface area contributed by atoms with E-state index in [9.17, 15) is 4.79 Å². The number of carboxylic acid groups (broad SMARTS) is 1. The van der Waals surface area contributed by atoms with Crippen LogP contribution in [0.3, 0.4) is 0 Å². The van der Waals surface area contributed by atoms with Crippen molar-refractivity contribution in [3.63, 3.8) is 0 Å². The maximum atomic E-state index is 10.9. The van der Waals surface area contributed by atoms with Crippen molar-refractivity contribution in [3.8, 4) is 12.5 Å². The molecular weight excluding hydrogens is 232 g/mol. The Morgan fingerprint density at radius 2 is 1.94 bits per heavy atom. The van der Waals surface area contributed by atoms with Gasteiger partial charge in [0.25, 0.3) is 0 Å². The number of terminal acetylenes is 1. The van der Waals surface area contributed by atoms with Crippen LogP contribution in [0.1, 0.15) is 0 Å². The Hall–Kier alpha value is -2.19. The van der Waals surface area contributed by atoms with Crippen LogP contribution >= 0.6 is 0 Å². The highest BCUT2D eigenvalue weighted by molar-refractivity contribution is 5.89. The second kappa shape index (κ2) is 5.43. The monoisotopic (exact) mass is 246 g/mol. The van der Waals surface area contributed by atoms with Crippen molar-refractivity contribution >= 4 is 17.5 Å². The second-order valence-electron chi connectivity index (χ2n) is 3.86. The highest BCUT2D eigenvalue weighted by Gasteiger charge is 2.14. The first kappa shape index (κ1) is 12.3. The summed E-state index contributed by atoms with van der Waals surface area (Å²) < 4.78 is 5.28. The van der Waals surface area contributed by atoms with Crippen molar-refractivity contribution in [2.45, 2.75) is 0 Å². The van der Waals surface area contributed by atoms with Gasteiger partial charge in [-0.2, -0.15) is 0 Å². The van der Waals surface area contributed by atoms with Crippen molar-refractivity contribution < 1.29 is 14.6 Å². The Morgan fingerprint density at radius 1 is 1.33 bits per heavy atom. The molecule has 1 aliphatic rings. The number of nitrogens with zero attached hydrogens (tertiary/aromatic N) is 2. The number of anilines is 2. The Bertz CT molecular complexity index is 458. The molecule has 1 saturated heterocycles. The quantitative estimate of drug-likeness (QED) is 0.636. The van der Waals surface area contributed by atoms with Crippen LogP contribution < -0.4 is 9.80 Å². The minimum Gasteiger partial charge on any atom is -0.464 e. The first-order valence-corrected chi connectivity index (χ1v) is 5.64. The van der Waals surface area contributed by atoms with Gasteiger partial charge in [-0.05, 0) is 24.3 Å². The predicted molar refractivity (Wildman–Crippen MR) is 68.8 cm³/mol. The van der Waals surface area contributed by atoms with Crippen LogP contribution in [0.5, 0.6) is 0 Å². The normalized spacial score (nSPS) is 14.9. The third-order valence-electron chi connectivity index (χ3n) is 2.80. The number of benzene rings is 1. The Labute approximate surface area is 106 Å². The molecule has 5 heteroatoms. The van der Waals surface area contributed by atoms with Crippen LogP contribution in [0.4, 0.5) is 16.2 Å². The number of hydrogen-bond donors (Lipinski definition) is 1. The molecule has 1 amide bonds. The standard InChI is InChI=1S/C13H14N2O3/c1-2-15(13(16)17)12-5-3-11(4-6-12)14-7-9-18-10-8-14/h1,3-6H,7-10H2,(H,16,17). The lowest BCUT2D eigenvalue weighted by Gasteiger charge is -2.29. The maximum absolute atomic E-state index is 10.9. The van der Waals surface area contributed by atoms with Crippen LogP contribution in [0, 0.1) is 12.5 Å². The molecule has 0 bridgehead atoms. The fraction of sp³-hybridized carbons (Fsp3) is 0.308. The van der Waals surface area contributed by atoms with Gasteiger partial charge in [0.2, 0.25) is 0 Å². The zero-order chi connectivity index (χ0) is 13.0. The van der Waals surface area contributed by atoms with Gasteiger partial charge in [-0.15, -0.1) is 0 Å². The highest BCUT2D eigenvalue weighted by Crippen LogP contribution is 2.21. The summed E-state index contributed by atoms with van der Waals surface area (Å²) in [5.74, 6) is 0. The Kier molecular flexibility index (Phi) is 3.70. The molecule has 1 N–H and O–H groups in total. The van der Waals surface area contributed by atoms with Crippen LogP contribution in [-0.2, 0) is 4.74 Å². The van der Waals surface area contributed by atoms with Gasteiger partial charge in [-0.25, -0.2) is 9.69 Å². The summed E-state index contributed by atoms with van der Waals surface area (Å²) in [4.78, 5) is 13.9. The van der Waals surface area contributed by atoms with Gasteiger partial charge in [0.15, 0.2) is 0 Å². The highest BCUT2D eigenvalue weighted by atomic mass is 16.5. The van der Waals surface area contributed by atoms with Gasteiger partial charge in [-0.3, -0.25) is 0 Å². The predicted octanol–water partition coefficient (Wildman–Crippen LogP) is 1.60. The van der Waals surface area contributed by atoms with E-state index in [1.54, 1.807) is 12.1 Å². The lowest BCUT2D eigenvalue weighted by molar-refractivity contribution is 0.122.